The molecule has 0 aliphatic heterocycles. The highest BCUT2D eigenvalue weighted by Crippen LogP contribution is 2.45. The van der Waals surface area contributed by atoms with Crippen LogP contribution >= 0.6 is 15.6 Å². The number of phosphoric ester groups is 2. The van der Waals surface area contributed by atoms with Crippen molar-refractivity contribution in [1.29, 1.82) is 0 Å². The fourth-order valence-electron chi connectivity index (χ4n) is 13.1. The van der Waals surface area contributed by atoms with Gasteiger partial charge in [0.25, 0.3) is 0 Å². The summed E-state index contributed by atoms with van der Waals surface area (Å²) in [5.74, 6) is -1.59. The van der Waals surface area contributed by atoms with Crippen LogP contribution < -0.4 is 0 Å². The summed E-state index contributed by atoms with van der Waals surface area (Å²) in [7, 11) is -9.82. The maximum Gasteiger partial charge on any atom is 0.472 e. The molecule has 0 aliphatic carbocycles. The summed E-state index contributed by atoms with van der Waals surface area (Å²) in [4.78, 5) is 59.0. The van der Waals surface area contributed by atoms with Crippen molar-refractivity contribution in [3.8, 4) is 0 Å². The first-order valence-corrected chi connectivity index (χ1v) is 51.4. The molecule has 0 radical (unpaired) electrons. The molecule has 4 N–H and O–H groups in total. The van der Waals surface area contributed by atoms with Gasteiger partial charge in [-0.25, -0.2) is 9.13 Å². The van der Waals surface area contributed by atoms with Gasteiger partial charge >= 0.3 is 33.6 Å². The monoisotopic (exact) mass is 1730 g/mol. The SMILES string of the molecule is CC/C=C\C/C=C\C/C=C\C/C=C\C/C=C\C/C=C\CCCCCCCCCCCCCCCCC(=O)OCC(COP(=O)(O)OCC(O)COP(=O)(O)OCC(O)COC(=O)CCCCCCCCCCCCCCCCCCCCC/C=C\C/C=C\C/C=C\C/C=C\CCCCC)OC(=O)CCCCCC/C=C\C/C=C\C/C=C\C/C=C\CC. The van der Waals surface area contributed by atoms with Gasteiger partial charge in [-0.3, -0.25) is 32.5 Å². The van der Waals surface area contributed by atoms with E-state index in [1.54, 1.807) is 0 Å². The summed E-state index contributed by atoms with van der Waals surface area (Å²) in [5, 5.41) is 20.7. The molecule has 0 aromatic heterocycles. The minimum Gasteiger partial charge on any atom is -0.463 e. The highest BCUT2D eigenvalue weighted by Gasteiger charge is 2.30. The second-order valence-electron chi connectivity index (χ2n) is 32.1. The Hall–Kier alpha value is -5.09. The number of unbranched alkanes of at least 4 members (excludes halogenated alkanes) is 40. The third kappa shape index (κ3) is 95.4. The van der Waals surface area contributed by atoms with Crippen LogP contribution in [0.3, 0.4) is 0 Å². The first kappa shape index (κ1) is 116. The predicted molar refractivity (Wildman–Crippen MR) is 509 cm³/mol. The van der Waals surface area contributed by atoms with Crippen molar-refractivity contribution in [1.82, 2.24) is 0 Å². The molecule has 0 rings (SSSR count). The van der Waals surface area contributed by atoms with Crippen molar-refractivity contribution in [3.05, 3.63) is 170 Å². The zero-order valence-electron chi connectivity index (χ0n) is 76.6. The van der Waals surface area contributed by atoms with Gasteiger partial charge in [-0.1, -0.05) is 403 Å². The molecule has 0 fully saturated rings. The van der Waals surface area contributed by atoms with Crippen LogP contribution in [0, 0.1) is 0 Å². The number of carbonyl (C=O) groups excluding carboxylic acids is 3. The van der Waals surface area contributed by atoms with Gasteiger partial charge in [0.05, 0.1) is 26.4 Å². The normalized spacial score (nSPS) is 14.5. The van der Waals surface area contributed by atoms with Crippen molar-refractivity contribution in [2.24, 2.45) is 0 Å². The van der Waals surface area contributed by atoms with Crippen LogP contribution in [0.25, 0.3) is 0 Å². The van der Waals surface area contributed by atoms with Gasteiger partial charge in [-0.2, -0.15) is 0 Å². The number of allylic oxidation sites excluding steroid dienone is 28. The van der Waals surface area contributed by atoms with Crippen LogP contribution in [0.15, 0.2) is 170 Å². The second-order valence-corrected chi connectivity index (χ2v) is 35.0. The number of esters is 3. The Kier molecular flexibility index (Phi) is 90.1. The zero-order chi connectivity index (χ0) is 87.9. The molecular weight excluding hydrogens is 1560 g/mol. The van der Waals surface area contributed by atoms with E-state index in [-0.39, 0.29) is 19.3 Å². The maximum atomic E-state index is 13.0. The first-order valence-electron chi connectivity index (χ1n) is 48.4. The third-order valence-corrected chi connectivity index (χ3v) is 22.3. The fourth-order valence-corrected chi connectivity index (χ4v) is 14.7. The van der Waals surface area contributed by atoms with E-state index in [0.29, 0.717) is 19.3 Å². The van der Waals surface area contributed by atoms with Gasteiger partial charge in [0.2, 0.25) is 0 Å². The molecule has 694 valence electrons. The lowest BCUT2D eigenvalue weighted by Gasteiger charge is -2.21. The summed E-state index contributed by atoms with van der Waals surface area (Å²) >= 11 is 0. The standard InChI is InChI=1S/C103H176O16P2/c1-4-7-10-13-16-19-22-25-28-31-33-35-37-39-41-43-45-47-48-50-52-53-55-57-59-61-63-66-68-71-74-77-80-83-86-89-101(106)113-92-98(104)93-115-120(109,110)116-94-99(105)95-117-121(111,112)118-97-100(119-103(108)91-88-85-82-79-76-73-70-65-30-27-24-21-18-15-12-9-6-3)96-114-102(107)90-87-84-81-78-75-72-69-67-64-62-60-58-56-54-51-49-46-44-42-40-38-36-34-32-29-26-23-20-17-14-11-8-5-2/h8-9,11-12,16-21,25-30,33-36,39-42,46,49,70,73,98-100,104-105H,4-7,10,13-15,22-24,31-32,37-38,43-45,47-48,50-69,71-72,74-97H2,1-3H3,(H,109,110)(H,111,112)/b11-8-,12-9-,19-16-,20-17-,21-18-,28-25-,29-26-,30-27-,35-33-,36-34-,41-39-,42-40-,49-46-,73-70-. The lowest BCUT2D eigenvalue weighted by molar-refractivity contribution is -0.161. The predicted octanol–water partition coefficient (Wildman–Crippen LogP) is 30.2. The number of carbonyl (C=O) groups is 3. The number of hydrogen-bond donors (Lipinski definition) is 4. The molecule has 121 heavy (non-hydrogen) atoms. The Morgan fingerprint density at radius 1 is 0.240 bits per heavy atom. The molecule has 0 bridgehead atoms. The minimum absolute atomic E-state index is 0.0734. The number of aliphatic hydroxyl groups is 2. The van der Waals surface area contributed by atoms with Gasteiger partial charge in [-0.15, -0.1) is 0 Å². The number of ether oxygens (including phenoxy) is 3. The van der Waals surface area contributed by atoms with Gasteiger partial charge in [0.15, 0.2) is 6.10 Å². The van der Waals surface area contributed by atoms with E-state index in [2.05, 4.69) is 191 Å². The van der Waals surface area contributed by atoms with Crippen LogP contribution in [-0.4, -0.2) is 95.9 Å². The lowest BCUT2D eigenvalue weighted by atomic mass is 10.0. The summed E-state index contributed by atoms with van der Waals surface area (Å²) in [6, 6.07) is 0. The molecule has 0 heterocycles. The average Bonchev–Trinajstić information content (AvgIpc) is 0.964. The van der Waals surface area contributed by atoms with Crippen LogP contribution in [-0.2, 0) is 55.8 Å². The second kappa shape index (κ2) is 94.1. The van der Waals surface area contributed by atoms with Crippen molar-refractivity contribution in [2.75, 3.05) is 39.6 Å². The van der Waals surface area contributed by atoms with Crippen LogP contribution in [0.2, 0.25) is 0 Å². The van der Waals surface area contributed by atoms with Crippen molar-refractivity contribution < 1.29 is 75.8 Å². The molecule has 18 heteroatoms. The van der Waals surface area contributed by atoms with E-state index < -0.39 is 91.5 Å². The highest BCUT2D eigenvalue weighted by atomic mass is 31.2. The average molecular weight is 1730 g/mol. The molecule has 0 aromatic rings. The Labute approximate surface area is 739 Å². The quantitative estimate of drug-likeness (QED) is 0.0146. The van der Waals surface area contributed by atoms with Gasteiger partial charge in [-0.05, 0) is 154 Å². The van der Waals surface area contributed by atoms with E-state index in [1.807, 2.05) is 0 Å². The highest BCUT2D eigenvalue weighted by molar-refractivity contribution is 7.47. The third-order valence-electron chi connectivity index (χ3n) is 20.4. The van der Waals surface area contributed by atoms with Crippen LogP contribution in [0.5, 0.6) is 0 Å². The number of phosphoric acid groups is 2. The Balaban J connectivity index is 4.47. The van der Waals surface area contributed by atoms with Crippen molar-refractivity contribution in [2.45, 2.75) is 424 Å². The number of rotatable bonds is 91. The number of aliphatic hydroxyl groups excluding tert-OH is 2. The molecule has 5 unspecified atom stereocenters. The van der Waals surface area contributed by atoms with E-state index in [0.717, 1.165) is 161 Å². The molecule has 5 atom stereocenters. The molecule has 0 aliphatic rings. The van der Waals surface area contributed by atoms with E-state index >= 15 is 0 Å². The van der Waals surface area contributed by atoms with E-state index in [9.17, 15) is 43.5 Å². The van der Waals surface area contributed by atoms with Gasteiger partial charge in [0.1, 0.15) is 25.4 Å². The topological polar surface area (TPSA) is 231 Å². The Bertz CT molecular complexity index is 2880. The molecule has 0 saturated carbocycles. The smallest absolute Gasteiger partial charge is 0.463 e. The summed E-state index contributed by atoms with van der Waals surface area (Å²) in [6.45, 7) is 2.44. The molecule has 0 saturated heterocycles. The minimum atomic E-state index is -4.95. The fraction of sp³-hybridized carbons (Fsp3) is 0.699. The van der Waals surface area contributed by atoms with E-state index in [1.165, 1.54) is 186 Å². The van der Waals surface area contributed by atoms with E-state index in [4.69, 9.17) is 32.3 Å². The first-order chi connectivity index (χ1) is 59.2. The van der Waals surface area contributed by atoms with Crippen molar-refractivity contribution in [3.63, 3.8) is 0 Å². The summed E-state index contributed by atoms with van der Waals surface area (Å²) in [5.41, 5.74) is 0. The number of hydrogen-bond acceptors (Lipinski definition) is 14. The van der Waals surface area contributed by atoms with Gasteiger partial charge in [0, 0.05) is 19.3 Å². The van der Waals surface area contributed by atoms with Gasteiger partial charge < -0.3 is 34.2 Å². The Morgan fingerprint density at radius 2 is 0.438 bits per heavy atom. The Morgan fingerprint density at radius 3 is 0.694 bits per heavy atom. The molecule has 0 spiro atoms. The van der Waals surface area contributed by atoms with Crippen LogP contribution in [0.1, 0.15) is 406 Å². The molecule has 0 amide bonds. The lowest BCUT2D eigenvalue weighted by Crippen LogP contribution is -2.30. The molecular formula is C103H176O16P2. The maximum absolute atomic E-state index is 13.0. The summed E-state index contributed by atoms with van der Waals surface area (Å²) in [6.07, 6.45) is 123. The molecule has 0 aromatic carbocycles. The molecule has 16 nitrogen and oxygen atoms in total. The largest absolute Gasteiger partial charge is 0.472 e. The summed E-state index contributed by atoms with van der Waals surface area (Å²) < 4.78 is 61.5. The zero-order valence-corrected chi connectivity index (χ0v) is 78.4. The van der Waals surface area contributed by atoms with Crippen molar-refractivity contribution >= 4 is 33.6 Å². The van der Waals surface area contributed by atoms with Crippen LogP contribution in [0.4, 0.5) is 0 Å².